The van der Waals surface area contributed by atoms with Gasteiger partial charge in [0.25, 0.3) is 0 Å². The summed E-state index contributed by atoms with van der Waals surface area (Å²) in [5.41, 5.74) is 7.40. The average molecular weight is 298 g/mol. The average Bonchev–Trinajstić information content (AvgIpc) is 2.89. The van der Waals surface area contributed by atoms with Crippen molar-refractivity contribution in [2.45, 2.75) is 6.54 Å². The Balaban J connectivity index is 1.95. The molecule has 0 aliphatic heterocycles. The molecule has 0 atom stereocenters. The van der Waals surface area contributed by atoms with Crippen LogP contribution in [0.25, 0.3) is 10.9 Å². The summed E-state index contributed by atoms with van der Waals surface area (Å²) < 4.78 is 1.65. The molecule has 0 aliphatic rings. The molecule has 106 valence electrons. The zero-order valence-corrected chi connectivity index (χ0v) is 12.3. The lowest BCUT2D eigenvalue weighted by atomic mass is 10.1. The van der Waals surface area contributed by atoms with Gasteiger partial charge in [-0.25, -0.2) is 9.97 Å². The second-order valence-electron chi connectivity index (χ2n) is 4.63. The number of nitrogens with two attached hydrogens (primary N) is 1. The van der Waals surface area contributed by atoms with Crippen molar-refractivity contribution in [3.8, 4) is 0 Å². The zero-order valence-electron chi connectivity index (χ0n) is 11.4. The summed E-state index contributed by atoms with van der Waals surface area (Å²) in [5.74, 6) is 1.33. The molecule has 0 unspecified atom stereocenters. The molecule has 0 bridgehead atoms. The number of anilines is 1. The molecule has 3 aromatic rings. The van der Waals surface area contributed by atoms with Crippen molar-refractivity contribution in [2.24, 2.45) is 12.8 Å². The minimum atomic E-state index is 0.310. The molecule has 6 nitrogen and oxygen atoms in total. The van der Waals surface area contributed by atoms with E-state index in [1.165, 1.54) is 0 Å². The molecule has 2 aromatic heterocycles. The highest BCUT2D eigenvalue weighted by Crippen LogP contribution is 2.20. The van der Waals surface area contributed by atoms with Gasteiger partial charge < -0.3 is 11.1 Å². The van der Waals surface area contributed by atoms with Crippen LogP contribution in [-0.4, -0.2) is 24.7 Å². The third kappa shape index (κ3) is 2.82. The first kappa shape index (κ1) is 13.4. The lowest BCUT2D eigenvalue weighted by molar-refractivity contribution is 0.747. The summed E-state index contributed by atoms with van der Waals surface area (Å²) in [6.07, 6.45) is 1.65. The molecule has 0 fully saturated rings. The third-order valence-corrected chi connectivity index (χ3v) is 3.27. The SMILES string of the molecule is Cn1cnc(CNc2nc3ccccc3cc2C(N)=S)n1. The summed E-state index contributed by atoms with van der Waals surface area (Å²) >= 11 is 5.11. The number of thiocarbonyl (C=S) groups is 1. The second-order valence-corrected chi connectivity index (χ2v) is 5.07. The van der Waals surface area contributed by atoms with E-state index in [1.54, 1.807) is 11.0 Å². The second kappa shape index (κ2) is 5.45. The van der Waals surface area contributed by atoms with Gasteiger partial charge in [0.05, 0.1) is 17.6 Å². The van der Waals surface area contributed by atoms with Crippen LogP contribution in [-0.2, 0) is 13.6 Å². The molecule has 0 saturated heterocycles. The Bertz CT molecular complexity index is 810. The van der Waals surface area contributed by atoms with Crippen LogP contribution in [0.15, 0.2) is 36.7 Å². The normalized spacial score (nSPS) is 10.7. The maximum atomic E-state index is 5.79. The van der Waals surface area contributed by atoms with Gasteiger partial charge in [-0.2, -0.15) is 5.10 Å². The van der Waals surface area contributed by atoms with E-state index < -0.39 is 0 Å². The number of fused-ring (bicyclic) bond motifs is 1. The molecular weight excluding hydrogens is 284 g/mol. The number of nitrogens with zero attached hydrogens (tertiary/aromatic N) is 4. The highest BCUT2D eigenvalue weighted by atomic mass is 32.1. The van der Waals surface area contributed by atoms with Crippen molar-refractivity contribution in [2.75, 3.05) is 5.32 Å². The molecule has 3 rings (SSSR count). The summed E-state index contributed by atoms with van der Waals surface area (Å²) in [7, 11) is 1.82. The molecule has 2 heterocycles. The van der Waals surface area contributed by atoms with E-state index in [9.17, 15) is 0 Å². The fraction of sp³-hybridized carbons (Fsp3) is 0.143. The number of para-hydroxylation sites is 1. The minimum Gasteiger partial charge on any atom is -0.389 e. The van der Waals surface area contributed by atoms with Gasteiger partial charge in [0.15, 0.2) is 5.82 Å². The highest BCUT2D eigenvalue weighted by molar-refractivity contribution is 7.80. The molecule has 0 spiro atoms. The standard InChI is InChI=1S/C14H14N6S/c1-20-8-17-12(19-20)7-16-14-10(13(15)21)6-9-4-2-3-5-11(9)18-14/h2-6,8H,7H2,1H3,(H2,15,21)(H,16,18). The molecule has 21 heavy (non-hydrogen) atoms. The molecule has 0 radical (unpaired) electrons. The van der Waals surface area contributed by atoms with Gasteiger partial charge in [0.2, 0.25) is 0 Å². The monoisotopic (exact) mass is 298 g/mol. The van der Waals surface area contributed by atoms with Crippen molar-refractivity contribution in [3.63, 3.8) is 0 Å². The first-order valence-electron chi connectivity index (χ1n) is 6.41. The smallest absolute Gasteiger partial charge is 0.169 e. The maximum absolute atomic E-state index is 5.79. The predicted molar refractivity (Wildman–Crippen MR) is 86.0 cm³/mol. The number of rotatable bonds is 4. The third-order valence-electron chi connectivity index (χ3n) is 3.05. The molecule has 0 amide bonds. The molecule has 7 heteroatoms. The van der Waals surface area contributed by atoms with E-state index in [2.05, 4.69) is 20.4 Å². The Hall–Kier alpha value is -2.54. The first-order chi connectivity index (χ1) is 10.1. The highest BCUT2D eigenvalue weighted by Gasteiger charge is 2.10. The van der Waals surface area contributed by atoms with Crippen molar-refractivity contribution < 1.29 is 0 Å². The number of hydrogen-bond donors (Lipinski definition) is 2. The summed E-state index contributed by atoms with van der Waals surface area (Å²) in [4.78, 5) is 9.05. The predicted octanol–water partition coefficient (Wildman–Crippen LogP) is 1.61. The van der Waals surface area contributed by atoms with E-state index in [1.807, 2.05) is 37.4 Å². The number of pyridine rings is 1. The topological polar surface area (TPSA) is 81.7 Å². The van der Waals surface area contributed by atoms with E-state index in [0.29, 0.717) is 23.2 Å². The molecular formula is C14H14N6S. The number of benzene rings is 1. The Morgan fingerprint density at radius 2 is 2.19 bits per heavy atom. The number of nitrogens with one attached hydrogen (secondary N) is 1. The van der Waals surface area contributed by atoms with Crippen LogP contribution in [0.5, 0.6) is 0 Å². The lowest BCUT2D eigenvalue weighted by Crippen LogP contribution is -2.15. The number of aryl methyl sites for hydroxylation is 1. The largest absolute Gasteiger partial charge is 0.389 e. The molecule has 0 aliphatic carbocycles. The van der Waals surface area contributed by atoms with Gasteiger partial charge in [-0.05, 0) is 12.1 Å². The van der Waals surface area contributed by atoms with Gasteiger partial charge >= 0.3 is 0 Å². The summed E-state index contributed by atoms with van der Waals surface area (Å²) in [6, 6.07) is 9.77. The Morgan fingerprint density at radius 3 is 2.90 bits per heavy atom. The van der Waals surface area contributed by atoms with Gasteiger partial charge in [0, 0.05) is 12.4 Å². The van der Waals surface area contributed by atoms with Gasteiger partial charge in [-0.15, -0.1) is 0 Å². The summed E-state index contributed by atoms with van der Waals surface area (Å²) in [6.45, 7) is 0.460. The Morgan fingerprint density at radius 1 is 1.38 bits per heavy atom. The van der Waals surface area contributed by atoms with Crippen LogP contribution in [0, 0.1) is 0 Å². The van der Waals surface area contributed by atoms with Crippen molar-refractivity contribution >= 4 is 33.9 Å². The zero-order chi connectivity index (χ0) is 14.8. The number of aromatic nitrogens is 4. The van der Waals surface area contributed by atoms with Crippen molar-refractivity contribution in [1.29, 1.82) is 0 Å². The van der Waals surface area contributed by atoms with Crippen molar-refractivity contribution in [3.05, 3.63) is 48.0 Å². The van der Waals surface area contributed by atoms with Gasteiger partial charge in [-0.3, -0.25) is 4.68 Å². The van der Waals surface area contributed by atoms with Gasteiger partial charge in [-0.1, -0.05) is 30.4 Å². The quantitative estimate of drug-likeness (QED) is 0.712. The first-order valence-corrected chi connectivity index (χ1v) is 6.82. The van der Waals surface area contributed by atoms with Crippen LogP contribution >= 0.6 is 12.2 Å². The molecule has 1 aromatic carbocycles. The Kier molecular flexibility index (Phi) is 3.49. The number of hydrogen-bond acceptors (Lipinski definition) is 5. The lowest BCUT2D eigenvalue weighted by Gasteiger charge is -2.10. The van der Waals surface area contributed by atoms with E-state index >= 15 is 0 Å². The van der Waals surface area contributed by atoms with Crippen LogP contribution in [0.1, 0.15) is 11.4 Å². The van der Waals surface area contributed by atoms with Gasteiger partial charge in [0.1, 0.15) is 17.1 Å². The Labute approximate surface area is 127 Å². The van der Waals surface area contributed by atoms with E-state index in [4.69, 9.17) is 18.0 Å². The van der Waals surface area contributed by atoms with Crippen LogP contribution in [0.2, 0.25) is 0 Å². The van der Waals surface area contributed by atoms with Crippen molar-refractivity contribution in [1.82, 2.24) is 19.7 Å². The summed E-state index contributed by atoms with van der Waals surface area (Å²) in [5, 5.41) is 8.41. The van der Waals surface area contributed by atoms with Crippen LogP contribution < -0.4 is 11.1 Å². The fourth-order valence-corrected chi connectivity index (χ4v) is 2.22. The maximum Gasteiger partial charge on any atom is 0.169 e. The molecule has 3 N–H and O–H groups in total. The van der Waals surface area contributed by atoms with Crippen LogP contribution in [0.4, 0.5) is 5.82 Å². The minimum absolute atomic E-state index is 0.310. The van der Waals surface area contributed by atoms with E-state index in [0.717, 1.165) is 16.5 Å². The fourth-order valence-electron chi connectivity index (χ4n) is 2.07. The molecule has 0 saturated carbocycles. The van der Waals surface area contributed by atoms with Crippen LogP contribution in [0.3, 0.4) is 0 Å². The van der Waals surface area contributed by atoms with E-state index in [-0.39, 0.29) is 0 Å².